The van der Waals surface area contributed by atoms with Crippen molar-refractivity contribution in [2.24, 2.45) is 11.8 Å². The van der Waals surface area contributed by atoms with Crippen LogP contribution in [0.25, 0.3) is 0 Å². The number of halogens is 1. The maximum atomic E-state index is 6.15. The topological polar surface area (TPSA) is 12.0 Å². The smallest absolute Gasteiger partial charge is 0.0408 e. The van der Waals surface area contributed by atoms with Crippen LogP contribution < -0.4 is 5.32 Å². The van der Waals surface area contributed by atoms with Gasteiger partial charge in [0.15, 0.2) is 0 Å². The molecule has 1 aliphatic carbocycles. The molecule has 1 aromatic carbocycles. The van der Waals surface area contributed by atoms with Crippen molar-refractivity contribution >= 4 is 11.6 Å². The van der Waals surface area contributed by atoms with Gasteiger partial charge in [-0.25, -0.2) is 0 Å². The van der Waals surface area contributed by atoms with Gasteiger partial charge in [-0.2, -0.15) is 0 Å². The Balaban J connectivity index is 2.09. The third kappa shape index (κ3) is 5.00. The second kappa shape index (κ2) is 8.80. The highest BCUT2D eigenvalue weighted by Crippen LogP contribution is 2.35. The molecule has 0 aromatic heterocycles. The summed E-state index contributed by atoms with van der Waals surface area (Å²) >= 11 is 6.15. The van der Waals surface area contributed by atoms with E-state index in [0.717, 1.165) is 29.8 Å². The molecule has 0 amide bonds. The van der Waals surface area contributed by atoms with Crippen LogP contribution in [-0.2, 0) is 6.42 Å². The van der Waals surface area contributed by atoms with Gasteiger partial charge in [-0.05, 0) is 55.3 Å². The third-order valence-electron chi connectivity index (χ3n) is 5.01. The van der Waals surface area contributed by atoms with Crippen LogP contribution in [-0.4, -0.2) is 12.6 Å². The molecule has 0 heterocycles. The molecular weight excluding hydrogens is 278 g/mol. The van der Waals surface area contributed by atoms with Gasteiger partial charge in [0, 0.05) is 11.1 Å². The molecule has 1 N–H and O–H groups in total. The molecule has 1 fully saturated rings. The van der Waals surface area contributed by atoms with Gasteiger partial charge in [0.2, 0.25) is 0 Å². The number of hydrogen-bond acceptors (Lipinski definition) is 1. The van der Waals surface area contributed by atoms with Gasteiger partial charge in [-0.1, -0.05) is 63.3 Å². The molecular formula is C19H30ClN. The molecule has 0 radical (unpaired) electrons. The van der Waals surface area contributed by atoms with Crippen LogP contribution in [0.1, 0.15) is 57.9 Å². The second-order valence-electron chi connectivity index (χ2n) is 6.51. The lowest BCUT2D eigenvalue weighted by Gasteiger charge is -2.37. The first-order chi connectivity index (χ1) is 10.2. The molecule has 3 atom stereocenters. The summed E-state index contributed by atoms with van der Waals surface area (Å²) < 4.78 is 0. The van der Waals surface area contributed by atoms with Gasteiger partial charge >= 0.3 is 0 Å². The summed E-state index contributed by atoms with van der Waals surface area (Å²) in [4.78, 5) is 0. The van der Waals surface area contributed by atoms with E-state index in [-0.39, 0.29) is 0 Å². The van der Waals surface area contributed by atoms with E-state index in [4.69, 9.17) is 11.6 Å². The van der Waals surface area contributed by atoms with Crippen LogP contribution in [0.4, 0.5) is 0 Å². The summed E-state index contributed by atoms with van der Waals surface area (Å²) in [5.74, 6) is 1.72. The Kier molecular flexibility index (Phi) is 7.06. The van der Waals surface area contributed by atoms with Gasteiger partial charge in [-0.15, -0.1) is 0 Å². The normalized spacial score (nSPS) is 24.0. The molecule has 0 bridgehead atoms. The van der Waals surface area contributed by atoms with Gasteiger partial charge < -0.3 is 5.32 Å². The highest BCUT2D eigenvalue weighted by Gasteiger charge is 2.30. The van der Waals surface area contributed by atoms with E-state index in [1.165, 1.54) is 44.1 Å². The average molecular weight is 308 g/mol. The van der Waals surface area contributed by atoms with E-state index in [1.54, 1.807) is 0 Å². The fourth-order valence-electron chi connectivity index (χ4n) is 3.90. The SMILES string of the molecule is CCCNC(Cc1cccc(Cl)c1)C1CCCCC1CC. The van der Waals surface area contributed by atoms with E-state index >= 15 is 0 Å². The molecule has 21 heavy (non-hydrogen) atoms. The monoisotopic (exact) mass is 307 g/mol. The summed E-state index contributed by atoms with van der Waals surface area (Å²) in [6, 6.07) is 9.00. The van der Waals surface area contributed by atoms with Gasteiger partial charge in [-0.3, -0.25) is 0 Å². The minimum atomic E-state index is 0.605. The Bertz CT molecular complexity index is 418. The lowest BCUT2D eigenvalue weighted by atomic mass is 9.72. The van der Waals surface area contributed by atoms with Crippen LogP contribution in [0.3, 0.4) is 0 Å². The predicted octanol–water partition coefficient (Wildman–Crippen LogP) is 5.47. The van der Waals surface area contributed by atoms with Crippen LogP contribution in [0.2, 0.25) is 5.02 Å². The Morgan fingerprint density at radius 2 is 2.05 bits per heavy atom. The largest absolute Gasteiger partial charge is 0.313 e. The molecule has 0 aliphatic heterocycles. The Morgan fingerprint density at radius 3 is 2.76 bits per heavy atom. The van der Waals surface area contributed by atoms with E-state index in [0.29, 0.717) is 6.04 Å². The molecule has 1 aromatic rings. The van der Waals surface area contributed by atoms with Crippen molar-refractivity contribution in [2.75, 3.05) is 6.54 Å². The maximum Gasteiger partial charge on any atom is 0.0408 e. The zero-order valence-electron chi connectivity index (χ0n) is 13.6. The highest BCUT2D eigenvalue weighted by atomic mass is 35.5. The van der Waals surface area contributed by atoms with Crippen molar-refractivity contribution in [3.8, 4) is 0 Å². The first-order valence-corrected chi connectivity index (χ1v) is 9.10. The van der Waals surface area contributed by atoms with E-state index < -0.39 is 0 Å². The molecule has 2 rings (SSSR count). The van der Waals surface area contributed by atoms with Crippen molar-refractivity contribution in [1.82, 2.24) is 5.32 Å². The molecule has 0 saturated heterocycles. The highest BCUT2D eigenvalue weighted by molar-refractivity contribution is 6.30. The van der Waals surface area contributed by atoms with Gasteiger partial charge in [0.1, 0.15) is 0 Å². The maximum absolute atomic E-state index is 6.15. The van der Waals surface area contributed by atoms with Crippen molar-refractivity contribution < 1.29 is 0 Å². The average Bonchev–Trinajstić information content (AvgIpc) is 2.51. The quantitative estimate of drug-likeness (QED) is 0.704. The van der Waals surface area contributed by atoms with Crippen LogP contribution in [0.15, 0.2) is 24.3 Å². The molecule has 3 unspecified atom stereocenters. The van der Waals surface area contributed by atoms with Crippen molar-refractivity contribution in [1.29, 1.82) is 0 Å². The number of nitrogens with one attached hydrogen (secondary N) is 1. The molecule has 118 valence electrons. The van der Waals surface area contributed by atoms with E-state index in [2.05, 4.69) is 37.4 Å². The summed E-state index contributed by atoms with van der Waals surface area (Å²) in [7, 11) is 0. The Hall–Kier alpha value is -0.530. The number of rotatable bonds is 7. The van der Waals surface area contributed by atoms with Crippen LogP contribution in [0.5, 0.6) is 0 Å². The summed E-state index contributed by atoms with van der Waals surface area (Å²) in [5.41, 5.74) is 1.37. The minimum absolute atomic E-state index is 0.605. The molecule has 1 aliphatic rings. The lowest BCUT2D eigenvalue weighted by Crippen LogP contribution is -2.43. The zero-order valence-corrected chi connectivity index (χ0v) is 14.3. The summed E-state index contributed by atoms with van der Waals surface area (Å²) in [5, 5.41) is 4.69. The predicted molar refractivity (Wildman–Crippen MR) is 93.0 cm³/mol. The lowest BCUT2D eigenvalue weighted by molar-refractivity contribution is 0.174. The minimum Gasteiger partial charge on any atom is -0.313 e. The van der Waals surface area contributed by atoms with E-state index in [1.807, 2.05) is 6.07 Å². The number of benzene rings is 1. The Labute approximate surface area is 135 Å². The van der Waals surface area contributed by atoms with Crippen LogP contribution in [0, 0.1) is 11.8 Å². The van der Waals surface area contributed by atoms with Crippen molar-refractivity contribution in [2.45, 2.75) is 64.8 Å². The summed E-state index contributed by atoms with van der Waals surface area (Å²) in [6.45, 7) is 5.74. The molecule has 1 saturated carbocycles. The zero-order chi connectivity index (χ0) is 15.1. The fourth-order valence-corrected chi connectivity index (χ4v) is 4.11. The first-order valence-electron chi connectivity index (χ1n) is 8.72. The number of hydrogen-bond donors (Lipinski definition) is 1. The van der Waals surface area contributed by atoms with Gasteiger partial charge in [0.25, 0.3) is 0 Å². The van der Waals surface area contributed by atoms with Crippen molar-refractivity contribution in [3.05, 3.63) is 34.9 Å². The Morgan fingerprint density at radius 1 is 1.24 bits per heavy atom. The molecule has 2 heteroatoms. The second-order valence-corrected chi connectivity index (χ2v) is 6.95. The van der Waals surface area contributed by atoms with Crippen LogP contribution >= 0.6 is 11.6 Å². The molecule has 0 spiro atoms. The fraction of sp³-hybridized carbons (Fsp3) is 0.684. The van der Waals surface area contributed by atoms with Crippen molar-refractivity contribution in [3.63, 3.8) is 0 Å². The van der Waals surface area contributed by atoms with Gasteiger partial charge in [0.05, 0.1) is 0 Å². The van der Waals surface area contributed by atoms with E-state index in [9.17, 15) is 0 Å². The summed E-state index contributed by atoms with van der Waals surface area (Å²) in [6.07, 6.45) is 9.27. The first kappa shape index (κ1) is 16.8. The standard InChI is InChI=1S/C19H30ClN/c1-3-12-21-19(14-15-8-7-10-17(20)13-15)18-11-6-5-9-16(18)4-2/h7-8,10,13,16,18-19,21H,3-6,9,11-12,14H2,1-2H3. The molecule has 1 nitrogen and oxygen atoms in total. The third-order valence-corrected chi connectivity index (χ3v) is 5.25.